The number of hydrogen-bond acceptors (Lipinski definition) is 6. The third-order valence-corrected chi connectivity index (χ3v) is 5.92. The van der Waals surface area contributed by atoms with Gasteiger partial charge < -0.3 is 29.2 Å². The van der Waals surface area contributed by atoms with E-state index in [2.05, 4.69) is 6.08 Å². The number of methoxy groups -OCH3 is 4. The molecule has 0 bridgehead atoms. The van der Waals surface area contributed by atoms with E-state index in [9.17, 15) is 10.2 Å². The number of allylic oxidation sites excluding steroid dienone is 2. The Morgan fingerprint density at radius 3 is 1.59 bits per heavy atom. The molecule has 174 valence electrons. The van der Waals surface area contributed by atoms with E-state index in [4.69, 9.17) is 18.9 Å². The number of phenols is 2. The highest BCUT2D eigenvalue weighted by Gasteiger charge is 2.21. The molecule has 1 aliphatic carbocycles. The summed E-state index contributed by atoms with van der Waals surface area (Å²) in [5.41, 5.74) is 6.53. The van der Waals surface area contributed by atoms with Crippen LogP contribution in [0.1, 0.15) is 58.6 Å². The summed E-state index contributed by atoms with van der Waals surface area (Å²) in [6.07, 6.45) is 5.36. The van der Waals surface area contributed by atoms with Crippen LogP contribution in [-0.4, -0.2) is 38.7 Å². The molecule has 2 aromatic rings. The molecule has 1 atom stereocenters. The molecule has 3 rings (SSSR count). The lowest BCUT2D eigenvalue weighted by molar-refractivity contribution is 0.174. The molecule has 0 aliphatic heterocycles. The van der Waals surface area contributed by atoms with Crippen molar-refractivity contribution in [1.82, 2.24) is 0 Å². The normalized spacial score (nSPS) is 16.2. The Hall–Kier alpha value is -2.38. The first-order valence-corrected chi connectivity index (χ1v) is 10.9. The van der Waals surface area contributed by atoms with Crippen LogP contribution in [0.25, 0.3) is 5.57 Å². The van der Waals surface area contributed by atoms with Crippen molar-refractivity contribution >= 4 is 5.57 Å². The van der Waals surface area contributed by atoms with Crippen molar-refractivity contribution in [2.75, 3.05) is 28.4 Å². The summed E-state index contributed by atoms with van der Waals surface area (Å²) in [5, 5.41) is 21.1. The van der Waals surface area contributed by atoms with E-state index in [1.54, 1.807) is 28.4 Å². The Morgan fingerprint density at radius 1 is 0.719 bits per heavy atom. The molecule has 6 heteroatoms. The van der Waals surface area contributed by atoms with Crippen LogP contribution in [0.2, 0.25) is 0 Å². The number of ether oxygens (including phenoxy) is 4. The van der Waals surface area contributed by atoms with Crippen molar-refractivity contribution in [3.63, 3.8) is 0 Å². The second-order valence-electron chi connectivity index (χ2n) is 8.25. The van der Waals surface area contributed by atoms with Gasteiger partial charge in [-0.25, -0.2) is 0 Å². The van der Waals surface area contributed by atoms with Crippen LogP contribution < -0.4 is 0 Å². The smallest absolute Gasteiger partial charge is 0.126 e. The average Bonchev–Trinajstić information content (AvgIpc) is 2.79. The van der Waals surface area contributed by atoms with Gasteiger partial charge in [-0.1, -0.05) is 6.08 Å². The standard InChI is InChI=1S/C26H34O6/c1-29-13-21-9-19(10-22(14-30-2)25(21)27)17-6-5-7-18(8-17)20-11-23(15-31-3)26(28)24(12-20)16-32-4/h8-12,17,27-28H,5-7,13-16H2,1-4H3. The van der Waals surface area contributed by atoms with Crippen LogP contribution in [0.4, 0.5) is 0 Å². The maximum atomic E-state index is 10.6. The van der Waals surface area contributed by atoms with Gasteiger partial charge in [-0.15, -0.1) is 0 Å². The molecule has 2 N–H and O–H groups in total. The van der Waals surface area contributed by atoms with Gasteiger partial charge in [-0.3, -0.25) is 0 Å². The molecule has 0 fully saturated rings. The van der Waals surface area contributed by atoms with Crippen molar-refractivity contribution in [3.05, 3.63) is 63.7 Å². The van der Waals surface area contributed by atoms with Gasteiger partial charge in [-0.2, -0.15) is 0 Å². The molecule has 1 aliphatic rings. The molecule has 1 unspecified atom stereocenters. The summed E-state index contributed by atoms with van der Waals surface area (Å²) in [6.45, 7) is 1.37. The topological polar surface area (TPSA) is 77.4 Å². The fourth-order valence-electron chi connectivity index (χ4n) is 4.43. The van der Waals surface area contributed by atoms with Crippen LogP contribution in [0.15, 0.2) is 30.3 Å². The first-order chi connectivity index (χ1) is 15.5. The second kappa shape index (κ2) is 11.5. The number of rotatable bonds is 10. The summed E-state index contributed by atoms with van der Waals surface area (Å²) in [5.74, 6) is 0.692. The van der Waals surface area contributed by atoms with Crippen molar-refractivity contribution in [2.45, 2.75) is 51.6 Å². The van der Waals surface area contributed by atoms with Gasteiger partial charge in [0.2, 0.25) is 0 Å². The SMILES string of the molecule is COCc1cc(C2=CC(c3cc(COC)c(O)c(COC)c3)CCC2)cc(COC)c1O. The van der Waals surface area contributed by atoms with Gasteiger partial charge in [0, 0.05) is 56.6 Å². The van der Waals surface area contributed by atoms with E-state index in [0.717, 1.165) is 52.6 Å². The molecular formula is C26H34O6. The molecule has 0 amide bonds. The fourth-order valence-corrected chi connectivity index (χ4v) is 4.43. The minimum atomic E-state index is 0.219. The number of aromatic hydroxyl groups is 2. The van der Waals surface area contributed by atoms with Crippen molar-refractivity contribution in [2.24, 2.45) is 0 Å². The lowest BCUT2D eigenvalue weighted by Gasteiger charge is -2.24. The summed E-state index contributed by atoms with van der Waals surface area (Å²) >= 11 is 0. The minimum absolute atomic E-state index is 0.219. The Bertz CT molecular complexity index is 895. The van der Waals surface area contributed by atoms with Gasteiger partial charge in [0.1, 0.15) is 11.5 Å². The zero-order valence-corrected chi connectivity index (χ0v) is 19.4. The highest BCUT2D eigenvalue weighted by Crippen LogP contribution is 2.40. The molecule has 2 aromatic carbocycles. The molecule has 6 nitrogen and oxygen atoms in total. The average molecular weight is 443 g/mol. The molecule has 0 heterocycles. The largest absolute Gasteiger partial charge is 0.507 e. The molecule has 0 saturated heterocycles. The zero-order valence-electron chi connectivity index (χ0n) is 19.4. The summed E-state index contributed by atoms with van der Waals surface area (Å²) < 4.78 is 21.2. The van der Waals surface area contributed by atoms with Gasteiger partial charge >= 0.3 is 0 Å². The minimum Gasteiger partial charge on any atom is -0.507 e. The van der Waals surface area contributed by atoms with E-state index in [1.807, 2.05) is 24.3 Å². The Kier molecular flexibility index (Phi) is 8.70. The summed E-state index contributed by atoms with van der Waals surface area (Å²) in [7, 11) is 6.50. The highest BCUT2D eigenvalue weighted by atomic mass is 16.5. The predicted octanol–water partition coefficient (Wildman–Crippen LogP) is 5.03. The van der Waals surface area contributed by atoms with E-state index < -0.39 is 0 Å². The fraction of sp³-hybridized carbons (Fsp3) is 0.462. The Morgan fingerprint density at radius 2 is 1.16 bits per heavy atom. The van der Waals surface area contributed by atoms with E-state index in [0.29, 0.717) is 26.4 Å². The van der Waals surface area contributed by atoms with Crippen LogP contribution in [0.3, 0.4) is 0 Å². The lowest BCUT2D eigenvalue weighted by Crippen LogP contribution is -2.07. The summed E-state index contributed by atoms with van der Waals surface area (Å²) in [4.78, 5) is 0. The number of phenolic OH excluding ortho intramolecular Hbond substituents is 2. The monoisotopic (exact) mass is 442 g/mol. The quantitative estimate of drug-likeness (QED) is 0.537. The Labute approximate surface area is 190 Å². The molecule has 0 spiro atoms. The first-order valence-electron chi connectivity index (χ1n) is 10.9. The maximum absolute atomic E-state index is 10.6. The molecule has 0 saturated carbocycles. The second-order valence-corrected chi connectivity index (χ2v) is 8.25. The zero-order chi connectivity index (χ0) is 23.1. The van der Waals surface area contributed by atoms with E-state index >= 15 is 0 Å². The summed E-state index contributed by atoms with van der Waals surface area (Å²) in [6, 6.07) is 8.09. The Balaban J connectivity index is 2.02. The van der Waals surface area contributed by atoms with Gasteiger partial charge in [0.15, 0.2) is 0 Å². The van der Waals surface area contributed by atoms with Crippen LogP contribution >= 0.6 is 0 Å². The third kappa shape index (κ3) is 5.51. The van der Waals surface area contributed by atoms with Crippen molar-refractivity contribution in [1.29, 1.82) is 0 Å². The number of hydrogen-bond donors (Lipinski definition) is 2. The molecule has 32 heavy (non-hydrogen) atoms. The van der Waals surface area contributed by atoms with Crippen LogP contribution in [0.5, 0.6) is 11.5 Å². The van der Waals surface area contributed by atoms with Crippen molar-refractivity contribution in [3.8, 4) is 11.5 Å². The maximum Gasteiger partial charge on any atom is 0.126 e. The molecule has 0 radical (unpaired) electrons. The van der Waals surface area contributed by atoms with Crippen molar-refractivity contribution < 1.29 is 29.2 Å². The highest BCUT2D eigenvalue weighted by molar-refractivity contribution is 5.70. The lowest BCUT2D eigenvalue weighted by atomic mass is 9.81. The first kappa shape index (κ1) is 24.3. The molecular weight excluding hydrogens is 408 g/mol. The third-order valence-electron chi connectivity index (χ3n) is 5.92. The van der Waals surface area contributed by atoms with Crippen LogP contribution in [0, 0.1) is 0 Å². The van der Waals surface area contributed by atoms with E-state index in [-0.39, 0.29) is 17.4 Å². The number of benzene rings is 2. The van der Waals surface area contributed by atoms with Gasteiger partial charge in [-0.05, 0) is 60.2 Å². The predicted molar refractivity (Wildman–Crippen MR) is 124 cm³/mol. The van der Waals surface area contributed by atoms with Gasteiger partial charge in [0.25, 0.3) is 0 Å². The van der Waals surface area contributed by atoms with Crippen LogP contribution in [-0.2, 0) is 45.4 Å². The van der Waals surface area contributed by atoms with E-state index in [1.165, 1.54) is 5.57 Å². The van der Waals surface area contributed by atoms with Gasteiger partial charge in [0.05, 0.1) is 26.4 Å². The molecule has 0 aromatic heterocycles.